The number of piperidine rings is 1. The number of aromatic amines is 3. The van der Waals surface area contributed by atoms with E-state index in [0.29, 0.717) is 58.1 Å². The first-order chi connectivity index (χ1) is 23.2. The molecule has 0 bridgehead atoms. The van der Waals surface area contributed by atoms with Gasteiger partial charge in [0.25, 0.3) is 11.8 Å². The zero-order chi connectivity index (χ0) is 33.2. The van der Waals surface area contributed by atoms with Gasteiger partial charge in [-0.1, -0.05) is 11.8 Å². The van der Waals surface area contributed by atoms with Gasteiger partial charge in [0.2, 0.25) is 10.9 Å². The number of benzene rings is 2. The number of hydrogen-bond donors (Lipinski definition) is 4. The topological polar surface area (TPSA) is 161 Å². The first-order valence-electron chi connectivity index (χ1n) is 15.5. The lowest BCUT2D eigenvalue weighted by Gasteiger charge is -2.27. The third-order valence-electron chi connectivity index (χ3n) is 10.4. The van der Waals surface area contributed by atoms with Crippen LogP contribution in [0.3, 0.4) is 0 Å². The van der Waals surface area contributed by atoms with E-state index < -0.39 is 11.3 Å². The number of nitrogens with zero attached hydrogens (tertiary/aromatic N) is 2. The van der Waals surface area contributed by atoms with Crippen molar-refractivity contribution in [3.05, 3.63) is 82.1 Å². The molecule has 4 aliphatic rings. The Morgan fingerprint density at radius 3 is 2.54 bits per heavy atom. The molecule has 2 aliphatic heterocycles. The predicted molar refractivity (Wildman–Crippen MR) is 179 cm³/mol. The lowest BCUT2D eigenvalue weighted by molar-refractivity contribution is 0.0806. The first-order valence-corrected chi connectivity index (χ1v) is 16.7. The number of carbonyl (C=O) groups is 4. The van der Waals surface area contributed by atoms with Gasteiger partial charge in [-0.3, -0.25) is 19.2 Å². The maximum absolute atomic E-state index is 14.2. The monoisotopic (exact) mass is 663 g/mol. The lowest BCUT2D eigenvalue weighted by atomic mass is 9.85. The standard InChI is InChI=1S/C35H29N5O7S/c1-46-17-5-4-15-8-22(36-21(15)9-17)33(44)40-14-16-13-35(16)20-11-23(37-28(20)25(41)12-26(35)40)32(43)39-7-6-18-19-10-24(34(45)48-3)38-27(19)31(47-2)30(42)29(18)39/h4-5,8-12,16,36-38,42H,6-7,13-14H2,1-3H3/t16-,35-/m1/s1. The molecule has 5 aromatic rings. The van der Waals surface area contributed by atoms with Crippen molar-refractivity contribution < 1.29 is 33.8 Å². The largest absolute Gasteiger partial charge is 0.503 e. The number of methoxy groups -OCH3 is 2. The number of H-pyrrole nitrogens is 3. The summed E-state index contributed by atoms with van der Waals surface area (Å²) < 4.78 is 10.9. The number of ether oxygens (including phenoxy) is 2. The highest BCUT2D eigenvalue weighted by Gasteiger charge is 2.68. The number of carbonyl (C=O) groups excluding carboxylic acids is 4. The molecule has 48 heavy (non-hydrogen) atoms. The van der Waals surface area contributed by atoms with Crippen LogP contribution in [0.15, 0.2) is 48.2 Å². The van der Waals surface area contributed by atoms with Crippen molar-refractivity contribution in [2.24, 2.45) is 5.92 Å². The van der Waals surface area contributed by atoms with Gasteiger partial charge in [0.15, 0.2) is 11.5 Å². The van der Waals surface area contributed by atoms with Gasteiger partial charge in [-0.05, 0) is 66.5 Å². The van der Waals surface area contributed by atoms with Crippen molar-refractivity contribution in [2.45, 2.75) is 18.3 Å². The molecule has 13 heteroatoms. The Bertz CT molecular complexity index is 2350. The van der Waals surface area contributed by atoms with E-state index >= 15 is 0 Å². The van der Waals surface area contributed by atoms with Gasteiger partial charge >= 0.3 is 0 Å². The molecule has 0 unspecified atom stereocenters. The predicted octanol–water partition coefficient (Wildman–Crippen LogP) is 4.90. The van der Waals surface area contributed by atoms with Crippen molar-refractivity contribution in [3.63, 3.8) is 0 Å². The smallest absolute Gasteiger partial charge is 0.274 e. The van der Waals surface area contributed by atoms with Gasteiger partial charge in [0.05, 0.1) is 36.8 Å². The zero-order valence-electron chi connectivity index (χ0n) is 26.1. The molecule has 2 atom stereocenters. The summed E-state index contributed by atoms with van der Waals surface area (Å²) in [5.74, 6) is -0.194. The normalized spacial score (nSPS) is 20.4. The number of phenolic OH excluding ortho intramolecular Hbond substituents is 1. The van der Waals surface area contributed by atoms with E-state index in [1.165, 1.54) is 18.1 Å². The van der Waals surface area contributed by atoms with Crippen molar-refractivity contribution in [2.75, 3.05) is 38.5 Å². The highest BCUT2D eigenvalue weighted by Crippen LogP contribution is 2.67. The number of anilines is 1. The van der Waals surface area contributed by atoms with Gasteiger partial charge in [-0.25, -0.2) is 0 Å². The van der Waals surface area contributed by atoms with Gasteiger partial charge in [0, 0.05) is 52.6 Å². The first kappa shape index (κ1) is 28.8. The number of allylic oxidation sites excluding steroid dienone is 2. The Hall–Kier alpha value is -5.43. The second-order valence-corrected chi connectivity index (χ2v) is 13.4. The summed E-state index contributed by atoms with van der Waals surface area (Å²) in [6.45, 7) is 0.750. The van der Waals surface area contributed by atoms with Gasteiger partial charge in [0.1, 0.15) is 17.1 Å². The minimum Gasteiger partial charge on any atom is -0.503 e. The second-order valence-electron chi connectivity index (χ2n) is 12.7. The van der Waals surface area contributed by atoms with E-state index in [1.807, 2.05) is 18.2 Å². The third-order valence-corrected chi connectivity index (χ3v) is 11.0. The Labute approximate surface area is 277 Å². The summed E-state index contributed by atoms with van der Waals surface area (Å²) in [6.07, 6.45) is 4.44. The van der Waals surface area contributed by atoms with Crippen LogP contribution in [0.4, 0.5) is 5.69 Å². The molecule has 1 spiro atoms. The number of nitrogens with one attached hydrogen (secondary N) is 3. The molecule has 2 fully saturated rings. The van der Waals surface area contributed by atoms with Crippen LogP contribution in [0.5, 0.6) is 17.2 Å². The summed E-state index contributed by atoms with van der Waals surface area (Å²) >= 11 is 1.07. The summed E-state index contributed by atoms with van der Waals surface area (Å²) in [5.41, 5.74) is 4.52. The average molecular weight is 664 g/mol. The minimum absolute atomic E-state index is 0.114. The maximum Gasteiger partial charge on any atom is 0.274 e. The number of ketones is 1. The molecule has 0 radical (unpaired) electrons. The molecule has 242 valence electrons. The number of aromatic hydroxyl groups is 1. The van der Waals surface area contributed by atoms with Gasteiger partial charge in [-0.2, -0.15) is 0 Å². The van der Waals surface area contributed by atoms with E-state index in [-0.39, 0.29) is 46.5 Å². The fourth-order valence-corrected chi connectivity index (χ4v) is 8.44. The van der Waals surface area contributed by atoms with Crippen LogP contribution >= 0.6 is 11.8 Å². The van der Waals surface area contributed by atoms with Crippen LogP contribution in [-0.2, 0) is 11.8 Å². The summed E-state index contributed by atoms with van der Waals surface area (Å²) in [7, 11) is 3.01. The minimum atomic E-state index is -0.533. The molecule has 3 aromatic heterocycles. The van der Waals surface area contributed by atoms with Crippen molar-refractivity contribution in [1.29, 1.82) is 0 Å². The fourth-order valence-electron chi connectivity index (χ4n) is 8.11. The second kappa shape index (κ2) is 9.80. The van der Waals surface area contributed by atoms with Crippen LogP contribution in [-0.4, -0.2) is 81.2 Å². The van der Waals surface area contributed by atoms with Gasteiger partial charge in [-0.15, -0.1) is 0 Å². The average Bonchev–Trinajstić information content (AvgIpc) is 3.73. The molecule has 2 aliphatic carbocycles. The fraction of sp³-hybridized carbons (Fsp3) is 0.257. The van der Waals surface area contributed by atoms with Crippen LogP contribution in [0.1, 0.15) is 59.5 Å². The van der Waals surface area contributed by atoms with Crippen LogP contribution < -0.4 is 14.4 Å². The van der Waals surface area contributed by atoms with Crippen LogP contribution in [0, 0.1) is 5.92 Å². The van der Waals surface area contributed by atoms with E-state index in [4.69, 9.17) is 9.47 Å². The number of fused-ring (bicyclic) bond motifs is 5. The quantitative estimate of drug-likeness (QED) is 0.207. The van der Waals surface area contributed by atoms with Gasteiger partial charge < -0.3 is 39.3 Å². The zero-order valence-corrected chi connectivity index (χ0v) is 27.0. The molecule has 9 rings (SSSR count). The molecule has 1 saturated heterocycles. The van der Waals surface area contributed by atoms with Crippen LogP contribution in [0.25, 0.3) is 21.8 Å². The van der Waals surface area contributed by atoms with Crippen LogP contribution in [0.2, 0.25) is 0 Å². The van der Waals surface area contributed by atoms with E-state index in [0.717, 1.165) is 40.2 Å². The Kier molecular flexibility index (Phi) is 5.87. The molecule has 12 nitrogen and oxygen atoms in total. The summed E-state index contributed by atoms with van der Waals surface area (Å²) in [6, 6.07) is 10.8. The highest BCUT2D eigenvalue weighted by atomic mass is 32.2. The van der Waals surface area contributed by atoms with Crippen molar-refractivity contribution in [3.8, 4) is 17.2 Å². The molecule has 4 N–H and O–H groups in total. The summed E-state index contributed by atoms with van der Waals surface area (Å²) in [4.78, 5) is 66.5. The SMILES string of the molecule is COc1ccc2cc(C(=O)N3C[C@H]4C[C@@]45C3=CC(=O)c3[nH]c(C(=O)N4CCc6c4c(O)c(OC)c4[nH]c(C(=O)SC)cc64)cc35)[nH]c2c1. The molecule has 2 aromatic carbocycles. The maximum atomic E-state index is 14.2. The lowest BCUT2D eigenvalue weighted by Crippen LogP contribution is -2.33. The molecule has 1 saturated carbocycles. The number of thioether (sulfide) groups is 1. The number of hydrogen-bond acceptors (Lipinski definition) is 8. The number of aromatic nitrogens is 3. The number of amides is 2. The van der Waals surface area contributed by atoms with E-state index in [9.17, 15) is 24.3 Å². The third kappa shape index (κ3) is 3.67. The molecular formula is C35H29N5O7S. The van der Waals surface area contributed by atoms with E-state index in [2.05, 4.69) is 15.0 Å². The molecule has 2 amide bonds. The van der Waals surface area contributed by atoms with E-state index in [1.54, 1.807) is 36.5 Å². The number of likely N-dealkylation sites (tertiary alicyclic amines) is 1. The number of phenols is 1. The molecule has 5 heterocycles. The Morgan fingerprint density at radius 1 is 0.979 bits per heavy atom. The van der Waals surface area contributed by atoms with Crippen molar-refractivity contribution in [1.82, 2.24) is 19.9 Å². The molecular weight excluding hydrogens is 634 g/mol. The Morgan fingerprint density at radius 2 is 1.77 bits per heavy atom. The van der Waals surface area contributed by atoms with Crippen molar-refractivity contribution >= 4 is 62.0 Å². The highest BCUT2D eigenvalue weighted by molar-refractivity contribution is 8.13. The summed E-state index contributed by atoms with van der Waals surface area (Å²) in [5, 5.41) is 12.8. The number of rotatable bonds is 5. The Balaban J connectivity index is 1.05.